The van der Waals surface area contributed by atoms with Crippen LogP contribution in [0.1, 0.15) is 0 Å². The lowest BCUT2D eigenvalue weighted by Gasteiger charge is -1.93. The van der Waals surface area contributed by atoms with Crippen molar-refractivity contribution < 1.29 is 4.57 Å². The maximum absolute atomic E-state index is 8.44. The molecular formula is C6H7BN2. The highest BCUT2D eigenvalue weighted by Gasteiger charge is 1.82. The molecule has 0 aromatic carbocycles. The molecule has 0 radical (unpaired) electrons. The van der Waals surface area contributed by atoms with Gasteiger partial charge in [-0.05, 0) is 12.2 Å². The van der Waals surface area contributed by atoms with E-state index in [1.165, 1.54) is 0 Å². The molecule has 0 saturated carbocycles. The molecule has 1 aromatic heterocycles. The third-order valence-electron chi connectivity index (χ3n) is 1.18. The zero-order chi connectivity index (χ0) is 6.69. The van der Waals surface area contributed by atoms with Crippen LogP contribution in [0.4, 0.5) is 0 Å². The Hall–Kier alpha value is -1.17. The Morgan fingerprint density at radius 1 is 1.67 bits per heavy atom. The number of rotatable bonds is 0. The Bertz CT molecular complexity index is 251. The molecular weight excluding hydrogens is 111 g/mol. The van der Waals surface area contributed by atoms with Crippen LogP contribution in [0, 0.1) is 11.2 Å². The van der Waals surface area contributed by atoms with Gasteiger partial charge < -0.3 is 0 Å². The summed E-state index contributed by atoms with van der Waals surface area (Å²) >= 11 is 0. The van der Waals surface area contributed by atoms with Gasteiger partial charge in [0.25, 0.3) is 0 Å². The third kappa shape index (κ3) is 1.36. The van der Waals surface area contributed by atoms with Gasteiger partial charge in [-0.2, -0.15) is 5.97 Å². The smallest absolute Gasteiger partial charge is 0.161 e. The van der Waals surface area contributed by atoms with Gasteiger partial charge in [-0.1, -0.05) is 0 Å². The fourth-order valence-electron chi connectivity index (χ4n) is 0.734. The summed E-state index contributed by atoms with van der Waals surface area (Å²) < 4.78 is 1.88. The maximum atomic E-state index is 8.44. The van der Waals surface area contributed by atoms with Crippen molar-refractivity contribution in [3.05, 3.63) is 24.3 Å². The lowest BCUT2D eigenvalue weighted by atomic mass is 9.70. The van der Waals surface area contributed by atoms with Crippen LogP contribution in [0.3, 0.4) is 0 Å². The van der Waals surface area contributed by atoms with Crippen molar-refractivity contribution >= 4 is 6.34 Å². The van der Waals surface area contributed by atoms with Gasteiger partial charge in [0.15, 0.2) is 6.20 Å². The second kappa shape index (κ2) is 2.41. The monoisotopic (exact) mass is 118 g/mol. The molecule has 1 aromatic rings. The molecule has 0 spiro atoms. The molecule has 9 heavy (non-hydrogen) atoms. The van der Waals surface area contributed by atoms with Crippen molar-refractivity contribution in [1.29, 1.82) is 5.26 Å². The molecule has 3 heteroatoms. The first-order chi connectivity index (χ1) is 4.33. The number of aromatic nitrogens is 1. The summed E-state index contributed by atoms with van der Waals surface area (Å²) in [5, 5.41) is 8.44. The van der Waals surface area contributed by atoms with Crippen molar-refractivity contribution in [2.45, 2.75) is 0 Å². The van der Waals surface area contributed by atoms with Crippen molar-refractivity contribution in [3.8, 4) is 5.97 Å². The summed E-state index contributed by atoms with van der Waals surface area (Å²) in [4.78, 5) is 0. The molecule has 0 aliphatic heterocycles. The molecule has 0 bridgehead atoms. The van der Waals surface area contributed by atoms with Crippen molar-refractivity contribution in [1.82, 2.24) is 0 Å². The lowest BCUT2D eigenvalue weighted by molar-refractivity contribution is -0.669. The van der Waals surface area contributed by atoms with Crippen LogP contribution in [0.15, 0.2) is 24.3 Å². The molecule has 0 fully saturated rings. The Kier molecular flexibility index (Phi) is 1.59. The van der Waals surface area contributed by atoms with E-state index in [2.05, 4.69) is 5.97 Å². The second-order valence-electron chi connectivity index (χ2n) is 2.00. The van der Waals surface area contributed by atoms with Crippen LogP contribution in [0.25, 0.3) is 0 Å². The summed E-state index contributed by atoms with van der Waals surface area (Å²) in [6, 6.07) is 1.88. The molecule has 0 saturated heterocycles. The van der Waals surface area contributed by atoms with Gasteiger partial charge in [0.2, 0.25) is 0 Å². The third-order valence-corrected chi connectivity index (χ3v) is 1.18. The van der Waals surface area contributed by atoms with Crippen molar-refractivity contribution in [3.63, 3.8) is 0 Å². The Labute approximate surface area is 54.4 Å². The Balaban J connectivity index is 3.12. The normalized spacial score (nSPS) is 8.44. The lowest BCUT2D eigenvalue weighted by Crippen LogP contribution is -2.28. The minimum absolute atomic E-state index is 0.0417. The van der Waals surface area contributed by atoms with E-state index in [9.17, 15) is 0 Å². The molecule has 0 N–H and O–H groups in total. The molecule has 0 atom stereocenters. The number of nitrogens with zero attached hydrogens (tertiary/aromatic N) is 2. The molecule has 1 rings (SSSR count). The van der Waals surface area contributed by atoms with Crippen molar-refractivity contribution in [2.75, 3.05) is 0 Å². The quantitative estimate of drug-likeness (QED) is 0.436. The van der Waals surface area contributed by atoms with E-state index in [0.29, 0.717) is 0 Å². The first-order valence-corrected chi connectivity index (χ1v) is 2.81. The molecule has 2 nitrogen and oxygen atoms in total. The highest BCUT2D eigenvalue weighted by molar-refractivity contribution is 6.57. The van der Waals surface area contributed by atoms with Crippen LogP contribution in [0.5, 0.6) is 0 Å². The zero-order valence-electron chi connectivity index (χ0n) is 5.28. The van der Waals surface area contributed by atoms with Crippen LogP contribution < -0.4 is 4.57 Å². The first-order valence-electron chi connectivity index (χ1n) is 2.81. The van der Waals surface area contributed by atoms with Gasteiger partial charge in [0.1, 0.15) is 7.05 Å². The molecule has 0 unspecified atom stereocenters. The standard InChI is InChI=1S/C6H7BN2/c1-9-4-2-3-7(5-8)6-9/h2-4,6H,1H3. The number of hydrogen-bond acceptors (Lipinski definition) is 1. The van der Waals surface area contributed by atoms with E-state index in [1.807, 2.05) is 35.9 Å². The molecule has 0 aliphatic rings. The summed E-state index contributed by atoms with van der Waals surface area (Å²) in [6.45, 7) is 0. The average molecular weight is 118 g/mol. The Morgan fingerprint density at radius 2 is 2.44 bits per heavy atom. The van der Waals surface area contributed by atoms with Gasteiger partial charge in [-0.25, -0.2) is 10.5 Å². The van der Waals surface area contributed by atoms with Crippen LogP contribution in [-0.4, -0.2) is 6.34 Å². The first kappa shape index (κ1) is 5.96. The van der Waals surface area contributed by atoms with Crippen LogP contribution in [0.2, 0.25) is 0 Å². The van der Waals surface area contributed by atoms with Gasteiger partial charge in [-0.15, -0.1) is 0 Å². The zero-order valence-corrected chi connectivity index (χ0v) is 5.28. The molecule has 44 valence electrons. The van der Waals surface area contributed by atoms with Gasteiger partial charge >= 0.3 is 0 Å². The van der Waals surface area contributed by atoms with E-state index in [1.54, 1.807) is 0 Å². The molecule has 1 heterocycles. The second-order valence-corrected chi connectivity index (χ2v) is 2.00. The summed E-state index contributed by atoms with van der Waals surface area (Å²) in [6.07, 6.45) is 3.73. The average Bonchev–Trinajstić information content (AvgIpc) is 1.88. The fourth-order valence-corrected chi connectivity index (χ4v) is 0.734. The topological polar surface area (TPSA) is 27.7 Å². The predicted molar refractivity (Wildman–Crippen MR) is 34.6 cm³/mol. The van der Waals surface area contributed by atoms with Crippen LogP contribution >= 0.6 is 0 Å². The van der Waals surface area contributed by atoms with E-state index in [0.717, 1.165) is 0 Å². The summed E-state index contributed by atoms with van der Waals surface area (Å²) in [7, 11) is 1.91. The van der Waals surface area contributed by atoms with E-state index in [4.69, 9.17) is 5.26 Å². The number of hydrogen-bond donors (Lipinski definition) is 0. The summed E-state index contributed by atoms with van der Waals surface area (Å²) in [5.74, 6) is 3.99. The summed E-state index contributed by atoms with van der Waals surface area (Å²) in [5.41, 5.74) is 0. The highest BCUT2D eigenvalue weighted by Crippen LogP contribution is 1.74. The van der Waals surface area contributed by atoms with Gasteiger partial charge in [0.05, 0.1) is 6.34 Å². The van der Waals surface area contributed by atoms with E-state index >= 15 is 0 Å². The minimum atomic E-state index is -0.0417. The van der Waals surface area contributed by atoms with Crippen LogP contribution in [-0.2, 0) is 7.05 Å². The maximum Gasteiger partial charge on any atom is 0.161 e. The van der Waals surface area contributed by atoms with E-state index < -0.39 is 0 Å². The van der Waals surface area contributed by atoms with Gasteiger partial charge in [0, 0.05) is 0 Å². The minimum Gasteiger partial charge on any atom is -0.250 e. The SMILES string of the molecule is C[n+]1ccc[b-](C#N)c1. The molecule has 0 aliphatic carbocycles. The molecule has 0 amide bonds. The Morgan fingerprint density at radius 3 is 2.89 bits per heavy atom. The van der Waals surface area contributed by atoms with E-state index in [-0.39, 0.29) is 6.34 Å². The number of aryl methyl sites for hydroxylation is 1. The highest BCUT2D eigenvalue weighted by atomic mass is 14.9. The predicted octanol–water partition coefficient (Wildman–Crippen LogP) is -0.134. The number of nitriles is 1. The van der Waals surface area contributed by atoms with Gasteiger partial charge in [-0.3, -0.25) is 5.26 Å². The van der Waals surface area contributed by atoms with Crippen molar-refractivity contribution in [2.24, 2.45) is 7.05 Å². The fraction of sp³-hybridized carbons (Fsp3) is 0.167. The largest absolute Gasteiger partial charge is 0.250 e.